The normalized spacial score (nSPS) is 36.3. The number of amides is 1. The molecule has 4 saturated heterocycles. The van der Waals surface area contributed by atoms with Gasteiger partial charge in [0.25, 0.3) is 5.56 Å². The lowest BCUT2D eigenvalue weighted by Crippen LogP contribution is -2.68. The van der Waals surface area contributed by atoms with Crippen LogP contribution >= 0.6 is 0 Å². The minimum absolute atomic E-state index is 0.170. The highest BCUT2D eigenvalue weighted by molar-refractivity contribution is 5.77. The minimum Gasteiger partial charge on any atom is -0.337 e. The molecule has 0 spiro atoms. The topological polar surface area (TPSA) is 48.8 Å². The molecular weight excluding hydrogens is 376 g/mol. The number of aromatic nitrogens is 1. The molecule has 0 aliphatic carbocycles. The summed E-state index contributed by atoms with van der Waals surface area (Å²) in [6.45, 7) is 6.30. The highest BCUT2D eigenvalue weighted by Crippen LogP contribution is 2.38. The van der Waals surface area contributed by atoms with E-state index in [-0.39, 0.29) is 5.56 Å². The van der Waals surface area contributed by atoms with Crippen LogP contribution in [-0.4, -0.2) is 76.0 Å². The zero-order valence-electron chi connectivity index (χ0n) is 17.9. The summed E-state index contributed by atoms with van der Waals surface area (Å²) in [5.74, 6) is 1.50. The second-order valence-corrected chi connectivity index (χ2v) is 10.4. The Morgan fingerprint density at radius 2 is 1.80 bits per heavy atom. The predicted molar refractivity (Wildman–Crippen MR) is 115 cm³/mol. The number of piperazine rings is 1. The monoisotopic (exact) mass is 410 g/mol. The number of hydrogen-bond donors (Lipinski definition) is 0. The second kappa shape index (κ2) is 7.49. The zero-order chi connectivity index (χ0) is 20.2. The third kappa shape index (κ3) is 3.14. The van der Waals surface area contributed by atoms with Gasteiger partial charge < -0.3 is 14.4 Å². The zero-order valence-corrected chi connectivity index (χ0v) is 17.9. The lowest BCUT2D eigenvalue weighted by molar-refractivity contribution is -0.148. The number of likely N-dealkylation sites (tertiary alicyclic amines) is 1. The second-order valence-electron chi connectivity index (χ2n) is 10.4. The highest BCUT2D eigenvalue weighted by Gasteiger charge is 2.46. The van der Waals surface area contributed by atoms with Crippen molar-refractivity contribution in [3.8, 4) is 0 Å². The first kappa shape index (κ1) is 19.1. The average molecular weight is 411 g/mol. The molecule has 0 N–H and O–H groups in total. The van der Waals surface area contributed by atoms with E-state index in [0.717, 1.165) is 52.1 Å². The maximum absolute atomic E-state index is 12.5. The fourth-order valence-corrected chi connectivity index (χ4v) is 7.37. The summed E-state index contributed by atoms with van der Waals surface area (Å²) in [7, 11) is 0. The van der Waals surface area contributed by atoms with Crippen LogP contribution in [0.15, 0.2) is 23.0 Å². The molecule has 5 aliphatic heterocycles. The fraction of sp³-hybridized carbons (Fsp3) is 0.750. The van der Waals surface area contributed by atoms with E-state index in [1.165, 1.54) is 37.8 Å². The van der Waals surface area contributed by atoms with Crippen LogP contribution in [-0.2, 0) is 11.3 Å². The van der Waals surface area contributed by atoms with E-state index in [2.05, 4.69) is 20.8 Å². The fourth-order valence-electron chi connectivity index (χ4n) is 7.37. The van der Waals surface area contributed by atoms with Gasteiger partial charge in [0.2, 0.25) is 5.91 Å². The molecule has 0 aromatic carbocycles. The predicted octanol–water partition coefficient (Wildman–Crippen LogP) is 1.89. The molecule has 0 radical (unpaired) electrons. The van der Waals surface area contributed by atoms with Gasteiger partial charge in [-0.05, 0) is 44.1 Å². The van der Waals surface area contributed by atoms with E-state index >= 15 is 0 Å². The summed E-state index contributed by atoms with van der Waals surface area (Å²) in [5, 5.41) is 0. The van der Waals surface area contributed by atoms with Gasteiger partial charge in [0.15, 0.2) is 0 Å². The van der Waals surface area contributed by atoms with Crippen molar-refractivity contribution in [3.05, 3.63) is 34.2 Å². The highest BCUT2D eigenvalue weighted by atomic mass is 16.2. The van der Waals surface area contributed by atoms with E-state index in [1.54, 1.807) is 6.07 Å². The first-order valence-corrected chi connectivity index (χ1v) is 12.1. The van der Waals surface area contributed by atoms with Gasteiger partial charge in [-0.25, -0.2) is 0 Å². The van der Waals surface area contributed by atoms with Crippen molar-refractivity contribution in [2.24, 2.45) is 5.92 Å². The van der Waals surface area contributed by atoms with E-state index in [9.17, 15) is 9.59 Å². The summed E-state index contributed by atoms with van der Waals surface area (Å²) in [5.41, 5.74) is 1.41. The van der Waals surface area contributed by atoms with Crippen LogP contribution in [0.3, 0.4) is 0 Å². The van der Waals surface area contributed by atoms with Crippen LogP contribution in [0.5, 0.6) is 0 Å². The molecule has 5 atom stereocenters. The molecule has 5 aliphatic rings. The van der Waals surface area contributed by atoms with E-state index in [1.807, 2.05) is 10.6 Å². The Bertz CT molecular complexity index is 882. The van der Waals surface area contributed by atoms with Crippen LogP contribution in [0, 0.1) is 5.92 Å². The molecule has 6 heterocycles. The van der Waals surface area contributed by atoms with Gasteiger partial charge in [-0.2, -0.15) is 0 Å². The maximum atomic E-state index is 12.5. The molecule has 0 saturated carbocycles. The van der Waals surface area contributed by atoms with Crippen molar-refractivity contribution < 1.29 is 4.79 Å². The van der Waals surface area contributed by atoms with Crippen LogP contribution in [0.4, 0.5) is 0 Å². The quantitative estimate of drug-likeness (QED) is 0.764. The maximum Gasteiger partial charge on any atom is 0.250 e. The lowest BCUT2D eigenvalue weighted by Gasteiger charge is -2.56. The first-order valence-electron chi connectivity index (χ1n) is 12.1. The number of nitrogens with zero attached hydrogens (tertiary/aromatic N) is 4. The molecular formula is C24H34N4O2. The van der Waals surface area contributed by atoms with Crippen molar-refractivity contribution in [2.75, 3.05) is 32.7 Å². The number of piperidine rings is 3. The number of pyridine rings is 1. The number of carbonyl (C=O) groups excluding carboxylic acids is 1. The third-order valence-electron chi connectivity index (χ3n) is 8.62. The van der Waals surface area contributed by atoms with Crippen LogP contribution in [0.2, 0.25) is 0 Å². The van der Waals surface area contributed by atoms with Gasteiger partial charge in [-0.1, -0.05) is 12.5 Å². The van der Waals surface area contributed by atoms with E-state index < -0.39 is 0 Å². The SMILES string of the molecule is O=C1CCCC2[C@@H]3CCC[C@@H](CN12)N3CCN1C[C@H]2C[C@H](C1)c1cccc(=O)n1C2. The van der Waals surface area contributed by atoms with Crippen molar-refractivity contribution in [2.45, 2.75) is 75.5 Å². The van der Waals surface area contributed by atoms with Crippen molar-refractivity contribution in [3.63, 3.8) is 0 Å². The summed E-state index contributed by atoms with van der Waals surface area (Å²) in [6, 6.07) is 7.39. The molecule has 1 aromatic heterocycles. The molecule has 1 unspecified atom stereocenters. The van der Waals surface area contributed by atoms with Crippen molar-refractivity contribution in [1.29, 1.82) is 0 Å². The molecule has 6 nitrogen and oxygen atoms in total. The Kier molecular flexibility index (Phi) is 4.75. The standard InChI is InChI=1S/C24H34N4O2/c29-23-8-2-5-20-18-12-17(14-27(20)23)13-25(15-18)10-11-26-19-4-1-6-21(26)22-7-3-9-24(30)28(22)16-19/h2,5,8,17-19,21-22H,1,3-4,6-7,9-16H2/t17-,18-,19+,21+,22?/m1/s1. The smallest absolute Gasteiger partial charge is 0.250 e. The van der Waals surface area contributed by atoms with Crippen molar-refractivity contribution >= 4 is 5.91 Å². The minimum atomic E-state index is 0.170. The van der Waals surface area contributed by atoms with Gasteiger partial charge in [0, 0.05) is 81.5 Å². The summed E-state index contributed by atoms with van der Waals surface area (Å²) < 4.78 is 2.03. The molecule has 4 bridgehead atoms. The Morgan fingerprint density at radius 1 is 0.900 bits per heavy atom. The molecule has 1 aromatic rings. The van der Waals surface area contributed by atoms with Crippen LogP contribution in [0.1, 0.15) is 56.6 Å². The number of carbonyl (C=O) groups is 1. The summed E-state index contributed by atoms with van der Waals surface area (Å²) in [4.78, 5) is 32.4. The number of fused-ring (bicyclic) bond motifs is 8. The summed E-state index contributed by atoms with van der Waals surface area (Å²) in [6.07, 6.45) is 8.08. The molecule has 6 heteroatoms. The van der Waals surface area contributed by atoms with Gasteiger partial charge >= 0.3 is 0 Å². The molecule has 1 amide bonds. The molecule has 162 valence electrons. The Morgan fingerprint density at radius 3 is 2.73 bits per heavy atom. The largest absolute Gasteiger partial charge is 0.337 e. The van der Waals surface area contributed by atoms with Gasteiger partial charge in [-0.3, -0.25) is 14.5 Å². The number of rotatable bonds is 3. The molecule has 6 rings (SSSR count). The van der Waals surface area contributed by atoms with Crippen LogP contribution in [0.25, 0.3) is 0 Å². The molecule has 4 fully saturated rings. The van der Waals surface area contributed by atoms with Gasteiger partial charge in [0.1, 0.15) is 0 Å². The van der Waals surface area contributed by atoms with Crippen LogP contribution < -0.4 is 5.56 Å². The van der Waals surface area contributed by atoms with Gasteiger partial charge in [-0.15, -0.1) is 0 Å². The van der Waals surface area contributed by atoms with E-state index in [4.69, 9.17) is 0 Å². The average Bonchev–Trinajstić information content (AvgIpc) is 2.74. The third-order valence-corrected chi connectivity index (χ3v) is 8.62. The molecule has 30 heavy (non-hydrogen) atoms. The number of hydrogen-bond acceptors (Lipinski definition) is 4. The summed E-state index contributed by atoms with van der Waals surface area (Å²) >= 11 is 0. The Balaban J connectivity index is 1.14. The van der Waals surface area contributed by atoms with Gasteiger partial charge in [0.05, 0.1) is 0 Å². The lowest BCUT2D eigenvalue weighted by atomic mass is 9.81. The van der Waals surface area contributed by atoms with Crippen molar-refractivity contribution in [1.82, 2.24) is 19.3 Å². The van der Waals surface area contributed by atoms with E-state index in [0.29, 0.717) is 35.9 Å². The first-order chi connectivity index (χ1) is 14.7. The Labute approximate surface area is 178 Å². The Hall–Kier alpha value is -1.66.